The highest BCUT2D eigenvalue weighted by molar-refractivity contribution is 7.90. The smallest absolute Gasteiger partial charge is 0.508 e. The second kappa shape index (κ2) is 10.4. The molecule has 0 bridgehead atoms. The van der Waals surface area contributed by atoms with Crippen molar-refractivity contribution in [2.75, 3.05) is 31.6 Å². The largest absolute Gasteiger partial charge is 0.617 e. The molecule has 92 valence electrons. The molecule has 1 heterocycles. The molecule has 0 spiro atoms. The van der Waals surface area contributed by atoms with E-state index in [1.165, 1.54) is 0 Å². The van der Waals surface area contributed by atoms with Gasteiger partial charge in [0.2, 0.25) is 0 Å². The van der Waals surface area contributed by atoms with Gasteiger partial charge in [0.1, 0.15) is 12.7 Å². The number of ether oxygens (including phenoxy) is 2. The van der Waals surface area contributed by atoms with E-state index in [1.807, 2.05) is 0 Å². The van der Waals surface area contributed by atoms with Crippen LogP contribution in [0.2, 0.25) is 0 Å². The fourth-order valence-corrected chi connectivity index (χ4v) is 0.418. The van der Waals surface area contributed by atoms with Gasteiger partial charge in [-0.25, -0.2) is 4.79 Å². The number of cyclic esters (lactones) is 2. The molecule has 7 heteroatoms. The number of carbonyl (C=O) groups is 1. The fraction of sp³-hybridized carbons (Fsp3) is 0.875. The SMILES string of the molecule is CC1COC(=O)O1.C[S+](C)[O-].C[S+](C)[O-]. The first-order valence-electron chi connectivity index (χ1n) is 4.09. The van der Waals surface area contributed by atoms with Crippen LogP contribution in [-0.2, 0) is 31.8 Å². The summed E-state index contributed by atoms with van der Waals surface area (Å²) in [5, 5.41) is 0. The van der Waals surface area contributed by atoms with E-state index in [0.717, 1.165) is 0 Å². The summed E-state index contributed by atoms with van der Waals surface area (Å²) in [4.78, 5) is 10.0. The van der Waals surface area contributed by atoms with Crippen molar-refractivity contribution in [3.63, 3.8) is 0 Å². The predicted molar refractivity (Wildman–Crippen MR) is 61.9 cm³/mol. The van der Waals surface area contributed by atoms with E-state index in [-0.39, 0.29) is 6.10 Å². The summed E-state index contributed by atoms with van der Waals surface area (Å²) in [5.41, 5.74) is 0. The summed E-state index contributed by atoms with van der Waals surface area (Å²) < 4.78 is 28.0. The van der Waals surface area contributed by atoms with Crippen LogP contribution in [0.3, 0.4) is 0 Å². The zero-order chi connectivity index (χ0) is 12.4. The van der Waals surface area contributed by atoms with E-state index >= 15 is 0 Å². The van der Waals surface area contributed by atoms with E-state index < -0.39 is 28.5 Å². The van der Waals surface area contributed by atoms with E-state index in [2.05, 4.69) is 9.47 Å². The summed E-state index contributed by atoms with van der Waals surface area (Å²) in [6.07, 6.45) is 5.96. The van der Waals surface area contributed by atoms with Gasteiger partial charge in [0.15, 0.2) is 0 Å². The minimum Gasteiger partial charge on any atom is -0.617 e. The predicted octanol–water partition coefficient (Wildman–Crippen LogP) is 0.531. The van der Waals surface area contributed by atoms with Gasteiger partial charge in [-0.2, -0.15) is 0 Å². The average molecular weight is 258 g/mol. The highest BCUT2D eigenvalue weighted by Crippen LogP contribution is 2.02. The first kappa shape index (κ1) is 17.3. The molecule has 0 amide bonds. The summed E-state index contributed by atoms with van der Waals surface area (Å²) in [6, 6.07) is 0. The number of rotatable bonds is 0. The molecule has 15 heavy (non-hydrogen) atoms. The molecule has 0 saturated carbocycles. The number of hydrogen-bond donors (Lipinski definition) is 0. The lowest BCUT2D eigenvalue weighted by Gasteiger charge is -1.90. The van der Waals surface area contributed by atoms with E-state index in [1.54, 1.807) is 31.9 Å². The maximum atomic E-state index is 10.0. The third kappa shape index (κ3) is 24.8. The molecule has 1 unspecified atom stereocenters. The van der Waals surface area contributed by atoms with Gasteiger partial charge in [0.25, 0.3) is 0 Å². The van der Waals surface area contributed by atoms with Gasteiger partial charge in [-0.15, -0.1) is 0 Å². The second-order valence-corrected chi connectivity index (χ2v) is 5.94. The Balaban J connectivity index is 0. The molecule has 1 fully saturated rings. The zero-order valence-corrected chi connectivity index (χ0v) is 11.3. The fourth-order valence-electron chi connectivity index (χ4n) is 0.418. The van der Waals surface area contributed by atoms with Crippen LogP contribution in [0.1, 0.15) is 6.92 Å². The van der Waals surface area contributed by atoms with Gasteiger partial charge in [-0.05, 0) is 6.92 Å². The van der Waals surface area contributed by atoms with Crippen LogP contribution in [0, 0.1) is 0 Å². The third-order valence-corrected chi connectivity index (χ3v) is 0.733. The quantitative estimate of drug-likeness (QED) is 0.467. The Kier molecular flexibility index (Phi) is 12.0. The van der Waals surface area contributed by atoms with Gasteiger partial charge >= 0.3 is 6.16 Å². The van der Waals surface area contributed by atoms with Crippen molar-refractivity contribution in [1.82, 2.24) is 0 Å². The summed E-state index contributed by atoms with van der Waals surface area (Å²) in [5.74, 6) is 0. The Morgan fingerprint density at radius 2 is 1.53 bits per heavy atom. The zero-order valence-electron chi connectivity index (χ0n) is 9.64. The van der Waals surface area contributed by atoms with Gasteiger partial charge in [-0.3, -0.25) is 0 Å². The van der Waals surface area contributed by atoms with Gasteiger partial charge in [0, 0.05) is 0 Å². The van der Waals surface area contributed by atoms with Crippen LogP contribution in [-0.4, -0.2) is 53.0 Å². The molecule has 0 aromatic heterocycles. The molecule has 0 aliphatic carbocycles. The molecule has 1 saturated heterocycles. The van der Waals surface area contributed by atoms with Crippen LogP contribution in [0.15, 0.2) is 0 Å². The molecule has 1 aliphatic heterocycles. The van der Waals surface area contributed by atoms with Crippen LogP contribution in [0.25, 0.3) is 0 Å². The minimum atomic E-state index is -0.611. The molecule has 1 atom stereocenters. The first-order valence-corrected chi connectivity index (χ1v) is 8.02. The Labute approximate surface area is 96.9 Å². The molecular formula is C8H18O5S2. The van der Waals surface area contributed by atoms with Gasteiger partial charge in [-0.1, -0.05) is 22.4 Å². The maximum absolute atomic E-state index is 10.0. The van der Waals surface area contributed by atoms with Crippen molar-refractivity contribution >= 4 is 28.5 Å². The topological polar surface area (TPSA) is 81.7 Å². The molecule has 1 rings (SSSR count). The van der Waals surface area contributed by atoms with Crippen molar-refractivity contribution in [3.05, 3.63) is 0 Å². The van der Waals surface area contributed by atoms with E-state index in [0.29, 0.717) is 6.61 Å². The van der Waals surface area contributed by atoms with Crippen LogP contribution in [0.5, 0.6) is 0 Å². The molecule has 1 aliphatic rings. The van der Waals surface area contributed by atoms with Gasteiger partial charge < -0.3 is 18.6 Å². The molecule has 5 nitrogen and oxygen atoms in total. The Bertz CT molecular complexity index is 152. The standard InChI is InChI=1S/C4H6O3.2C2H6OS/c1-3-2-6-4(5)7-3;2*1-4(2)3/h3H,2H2,1H3;2*1-2H3. The Morgan fingerprint density at radius 3 is 1.60 bits per heavy atom. The van der Waals surface area contributed by atoms with E-state index in [9.17, 15) is 13.9 Å². The van der Waals surface area contributed by atoms with Crippen molar-refractivity contribution in [3.8, 4) is 0 Å². The Hall–Kier alpha value is -0.110. The van der Waals surface area contributed by atoms with Crippen molar-refractivity contribution < 1.29 is 23.4 Å². The van der Waals surface area contributed by atoms with E-state index in [4.69, 9.17) is 0 Å². The maximum Gasteiger partial charge on any atom is 0.508 e. The monoisotopic (exact) mass is 258 g/mol. The molecule has 0 aromatic carbocycles. The average Bonchev–Trinajstić information content (AvgIpc) is 2.31. The summed E-state index contributed by atoms with van der Waals surface area (Å²) in [7, 11) is 0. The second-order valence-electron chi connectivity index (χ2n) is 2.97. The highest BCUT2D eigenvalue weighted by Gasteiger charge is 2.19. The number of hydrogen-bond acceptors (Lipinski definition) is 5. The third-order valence-electron chi connectivity index (χ3n) is 0.733. The van der Waals surface area contributed by atoms with Crippen LogP contribution in [0.4, 0.5) is 4.79 Å². The van der Waals surface area contributed by atoms with Crippen LogP contribution < -0.4 is 0 Å². The molecular weight excluding hydrogens is 240 g/mol. The van der Waals surface area contributed by atoms with Crippen molar-refractivity contribution in [2.45, 2.75) is 13.0 Å². The lowest BCUT2D eigenvalue weighted by molar-refractivity contribution is 0.121. The van der Waals surface area contributed by atoms with Crippen molar-refractivity contribution in [2.24, 2.45) is 0 Å². The molecule has 0 N–H and O–H groups in total. The summed E-state index contributed by atoms with van der Waals surface area (Å²) >= 11 is -1.22. The first-order chi connectivity index (χ1) is 6.75. The normalized spacial score (nSPS) is 18.5. The minimum absolute atomic E-state index is 0.0486. The lowest BCUT2D eigenvalue weighted by Crippen LogP contribution is -2.01. The molecule has 0 radical (unpaired) electrons. The highest BCUT2D eigenvalue weighted by atomic mass is 32.2. The summed E-state index contributed by atoms with van der Waals surface area (Å²) in [6.45, 7) is 2.18. The molecule has 0 aromatic rings. The van der Waals surface area contributed by atoms with Gasteiger partial charge in [0.05, 0.1) is 25.0 Å². The number of carbonyl (C=O) groups excluding carboxylic acids is 1. The Morgan fingerprint density at radius 1 is 1.20 bits per heavy atom. The van der Waals surface area contributed by atoms with Crippen molar-refractivity contribution in [1.29, 1.82) is 0 Å². The lowest BCUT2D eigenvalue weighted by atomic mass is 10.5. The van der Waals surface area contributed by atoms with Crippen LogP contribution >= 0.6 is 0 Å².